The van der Waals surface area contributed by atoms with Crippen molar-refractivity contribution in [2.24, 2.45) is 0 Å². The van der Waals surface area contributed by atoms with Crippen LogP contribution in [-0.4, -0.2) is 50.4 Å². The summed E-state index contributed by atoms with van der Waals surface area (Å²) in [6, 6.07) is 0. The van der Waals surface area contributed by atoms with Crippen LogP contribution in [0.5, 0.6) is 0 Å². The molecule has 5 heteroatoms. The maximum Gasteiger partial charge on any atom is 0.239 e. The Morgan fingerprint density at radius 1 is 1.54 bits per heavy atom. The van der Waals surface area contributed by atoms with Crippen molar-refractivity contribution >= 4 is 12.3 Å². The van der Waals surface area contributed by atoms with E-state index in [0.717, 1.165) is 13.1 Å². The molecule has 0 rings (SSSR count). The van der Waals surface area contributed by atoms with Gasteiger partial charge in [-0.05, 0) is 13.6 Å². The van der Waals surface area contributed by atoms with E-state index < -0.39 is 0 Å². The van der Waals surface area contributed by atoms with E-state index in [1.165, 1.54) is 0 Å². The predicted molar refractivity (Wildman–Crippen MR) is 50.2 cm³/mol. The van der Waals surface area contributed by atoms with Crippen LogP contribution in [0.1, 0.15) is 6.92 Å². The Bertz CT molecular complexity index is 161. The molecule has 0 saturated heterocycles. The van der Waals surface area contributed by atoms with E-state index in [-0.39, 0.29) is 12.5 Å². The maximum absolute atomic E-state index is 10.9. The Labute approximate surface area is 78.5 Å². The van der Waals surface area contributed by atoms with Gasteiger partial charge < -0.3 is 15.5 Å². The Morgan fingerprint density at radius 3 is 2.77 bits per heavy atom. The normalized spacial score (nSPS) is 9.77. The first kappa shape index (κ1) is 11.9. The second kappa shape index (κ2) is 7.54. The van der Waals surface area contributed by atoms with Crippen molar-refractivity contribution < 1.29 is 9.59 Å². The highest BCUT2D eigenvalue weighted by Crippen LogP contribution is 1.77. The summed E-state index contributed by atoms with van der Waals surface area (Å²) in [7, 11) is 1.98. The van der Waals surface area contributed by atoms with Crippen molar-refractivity contribution in [3.8, 4) is 0 Å². The van der Waals surface area contributed by atoms with Crippen molar-refractivity contribution in [1.82, 2.24) is 15.5 Å². The van der Waals surface area contributed by atoms with Gasteiger partial charge in [0.1, 0.15) is 0 Å². The van der Waals surface area contributed by atoms with Crippen LogP contribution in [0.15, 0.2) is 0 Å². The lowest BCUT2D eigenvalue weighted by atomic mass is 10.5. The van der Waals surface area contributed by atoms with E-state index in [4.69, 9.17) is 0 Å². The molecule has 0 atom stereocenters. The molecule has 0 aliphatic heterocycles. The minimum atomic E-state index is -0.156. The highest BCUT2D eigenvalue weighted by molar-refractivity contribution is 5.79. The number of nitrogens with one attached hydrogen (secondary N) is 2. The molecule has 0 aliphatic rings. The molecule has 0 heterocycles. The largest absolute Gasteiger partial charge is 0.353 e. The lowest BCUT2D eigenvalue weighted by Gasteiger charge is -2.13. The molecule has 2 amide bonds. The lowest BCUT2D eigenvalue weighted by molar-refractivity contribution is -0.122. The van der Waals surface area contributed by atoms with Gasteiger partial charge >= 0.3 is 0 Å². The van der Waals surface area contributed by atoms with Crippen molar-refractivity contribution in [3.63, 3.8) is 0 Å². The van der Waals surface area contributed by atoms with Crippen LogP contribution < -0.4 is 10.6 Å². The highest BCUT2D eigenvalue weighted by Gasteiger charge is 1.99. The maximum atomic E-state index is 10.9. The molecule has 0 bridgehead atoms. The molecule has 0 aromatic carbocycles. The number of hydrogen-bond acceptors (Lipinski definition) is 3. The molecular weight excluding hydrogens is 170 g/mol. The molecular formula is C8H17N3O2. The monoisotopic (exact) mass is 187 g/mol. The molecule has 0 radical (unpaired) electrons. The van der Waals surface area contributed by atoms with Crippen LogP contribution in [0.4, 0.5) is 0 Å². The molecule has 0 aromatic heterocycles. The number of rotatable bonds is 7. The summed E-state index contributed by atoms with van der Waals surface area (Å²) in [4.78, 5) is 22.8. The number of amides is 2. The number of nitrogens with zero attached hydrogens (tertiary/aromatic N) is 1. The van der Waals surface area contributed by atoms with Gasteiger partial charge in [-0.1, -0.05) is 6.92 Å². The molecule has 13 heavy (non-hydrogen) atoms. The molecule has 0 saturated carbocycles. The SMILES string of the molecule is CCN(C)CCNC(=O)CNC=O. The van der Waals surface area contributed by atoms with E-state index in [2.05, 4.69) is 22.5 Å². The average molecular weight is 187 g/mol. The first-order chi connectivity index (χ1) is 6.20. The summed E-state index contributed by atoms with van der Waals surface area (Å²) in [6.45, 7) is 4.50. The second-order valence-electron chi connectivity index (χ2n) is 2.74. The Morgan fingerprint density at radius 2 is 2.23 bits per heavy atom. The molecule has 5 nitrogen and oxygen atoms in total. The van der Waals surface area contributed by atoms with Crippen molar-refractivity contribution in [3.05, 3.63) is 0 Å². The molecule has 76 valence electrons. The fraction of sp³-hybridized carbons (Fsp3) is 0.750. The van der Waals surface area contributed by atoms with E-state index in [0.29, 0.717) is 13.0 Å². The third-order valence-electron chi connectivity index (χ3n) is 1.70. The van der Waals surface area contributed by atoms with E-state index in [1.807, 2.05) is 7.05 Å². The zero-order valence-electron chi connectivity index (χ0n) is 8.17. The summed E-state index contributed by atoms with van der Waals surface area (Å²) >= 11 is 0. The highest BCUT2D eigenvalue weighted by atomic mass is 16.2. The minimum Gasteiger partial charge on any atom is -0.353 e. The van der Waals surface area contributed by atoms with Gasteiger partial charge in [0.15, 0.2) is 0 Å². The third kappa shape index (κ3) is 7.27. The van der Waals surface area contributed by atoms with Crippen LogP contribution >= 0.6 is 0 Å². The van der Waals surface area contributed by atoms with Crippen LogP contribution in [0.3, 0.4) is 0 Å². The van der Waals surface area contributed by atoms with Gasteiger partial charge in [-0.25, -0.2) is 0 Å². The van der Waals surface area contributed by atoms with Crippen molar-refractivity contribution in [2.45, 2.75) is 6.92 Å². The van der Waals surface area contributed by atoms with Crippen LogP contribution in [0.25, 0.3) is 0 Å². The summed E-state index contributed by atoms with van der Waals surface area (Å²) in [6.07, 6.45) is 0.512. The first-order valence-corrected chi connectivity index (χ1v) is 4.33. The van der Waals surface area contributed by atoms with Gasteiger partial charge in [-0.2, -0.15) is 0 Å². The summed E-state index contributed by atoms with van der Waals surface area (Å²) in [5.74, 6) is -0.156. The average Bonchev–Trinajstić information content (AvgIpc) is 2.14. The number of hydrogen-bond donors (Lipinski definition) is 2. The Kier molecular flexibility index (Phi) is 6.91. The number of carbonyl (C=O) groups is 2. The van der Waals surface area contributed by atoms with Gasteiger partial charge in [-0.15, -0.1) is 0 Å². The molecule has 2 N–H and O–H groups in total. The van der Waals surface area contributed by atoms with Crippen molar-refractivity contribution in [1.29, 1.82) is 0 Å². The molecule has 0 spiro atoms. The lowest BCUT2D eigenvalue weighted by Crippen LogP contribution is -2.37. The summed E-state index contributed by atoms with van der Waals surface area (Å²) in [5, 5.41) is 4.97. The molecule has 0 aromatic rings. The van der Waals surface area contributed by atoms with Gasteiger partial charge in [-0.3, -0.25) is 9.59 Å². The third-order valence-corrected chi connectivity index (χ3v) is 1.70. The molecule has 0 unspecified atom stereocenters. The van der Waals surface area contributed by atoms with Gasteiger partial charge in [0.25, 0.3) is 0 Å². The zero-order valence-corrected chi connectivity index (χ0v) is 8.17. The van der Waals surface area contributed by atoms with E-state index in [1.54, 1.807) is 0 Å². The van der Waals surface area contributed by atoms with Gasteiger partial charge in [0, 0.05) is 13.1 Å². The second-order valence-corrected chi connectivity index (χ2v) is 2.74. The van der Waals surface area contributed by atoms with Crippen LogP contribution in [-0.2, 0) is 9.59 Å². The number of carbonyl (C=O) groups excluding carboxylic acids is 2. The smallest absolute Gasteiger partial charge is 0.239 e. The summed E-state index contributed by atoms with van der Waals surface area (Å²) in [5.41, 5.74) is 0. The fourth-order valence-electron chi connectivity index (χ4n) is 0.741. The van der Waals surface area contributed by atoms with Gasteiger partial charge in [0.2, 0.25) is 12.3 Å². The van der Waals surface area contributed by atoms with Gasteiger partial charge in [0.05, 0.1) is 6.54 Å². The fourth-order valence-corrected chi connectivity index (χ4v) is 0.741. The first-order valence-electron chi connectivity index (χ1n) is 4.33. The van der Waals surface area contributed by atoms with Crippen LogP contribution in [0.2, 0.25) is 0 Å². The minimum absolute atomic E-state index is 0.0549. The van der Waals surface area contributed by atoms with E-state index >= 15 is 0 Å². The molecule has 0 aliphatic carbocycles. The molecule has 0 fully saturated rings. The predicted octanol–water partition coefficient (Wildman–Crippen LogP) is -1.20. The quantitative estimate of drug-likeness (QED) is 0.492. The van der Waals surface area contributed by atoms with Crippen molar-refractivity contribution in [2.75, 3.05) is 33.2 Å². The zero-order chi connectivity index (χ0) is 10.1. The number of likely N-dealkylation sites (N-methyl/N-ethyl adjacent to an activating group) is 1. The Balaban J connectivity index is 3.31. The topological polar surface area (TPSA) is 61.4 Å². The Hall–Kier alpha value is -1.10. The standard InChI is InChI=1S/C8H17N3O2/c1-3-11(2)5-4-10-8(13)6-9-7-12/h7H,3-6H2,1-2H3,(H,9,12)(H,10,13). The van der Waals surface area contributed by atoms with E-state index in [9.17, 15) is 9.59 Å². The summed E-state index contributed by atoms with van der Waals surface area (Å²) < 4.78 is 0. The van der Waals surface area contributed by atoms with Crippen LogP contribution in [0, 0.1) is 0 Å².